The molecule has 6 heteroatoms. The fourth-order valence-electron chi connectivity index (χ4n) is 3.43. The molecule has 2 heterocycles. The van der Waals surface area contributed by atoms with E-state index < -0.39 is 6.04 Å². The van der Waals surface area contributed by atoms with Crippen LogP contribution in [0.25, 0.3) is 11.0 Å². The van der Waals surface area contributed by atoms with E-state index in [2.05, 4.69) is 0 Å². The molecule has 1 N–H and O–H groups in total. The highest BCUT2D eigenvalue weighted by Crippen LogP contribution is 2.38. The van der Waals surface area contributed by atoms with Gasteiger partial charge in [0, 0.05) is 13.7 Å². The zero-order valence-corrected chi connectivity index (χ0v) is 14.1. The van der Waals surface area contributed by atoms with Crippen LogP contribution in [0.2, 0.25) is 0 Å². The van der Waals surface area contributed by atoms with Crippen LogP contribution in [-0.2, 0) is 4.74 Å². The maximum absolute atomic E-state index is 13.1. The second-order valence-electron chi connectivity index (χ2n) is 6.16. The summed E-state index contributed by atoms with van der Waals surface area (Å²) in [5.41, 5.74) is 1.10. The molecule has 0 fully saturated rings. The standard InChI is InChI=1S/C20H17NO5/c1-25-10-9-21-17(12-5-4-6-13(22)11-12)16-18(23)14-7-2-3-8-15(14)26-19(16)20(21)24/h2-8,11,17,22H,9-10H2,1H3/t17-/m0/s1. The Balaban J connectivity index is 1.97. The van der Waals surface area contributed by atoms with E-state index >= 15 is 0 Å². The summed E-state index contributed by atoms with van der Waals surface area (Å²) in [6, 6.07) is 12.8. The minimum Gasteiger partial charge on any atom is -0.508 e. The molecule has 1 aromatic heterocycles. The Kier molecular flexibility index (Phi) is 3.97. The molecule has 0 aliphatic carbocycles. The van der Waals surface area contributed by atoms with Gasteiger partial charge in [0.15, 0.2) is 5.43 Å². The van der Waals surface area contributed by atoms with Crippen LogP contribution in [0.15, 0.2) is 57.7 Å². The molecule has 6 nitrogen and oxygen atoms in total. The fourth-order valence-corrected chi connectivity index (χ4v) is 3.43. The Labute approximate surface area is 149 Å². The average Bonchev–Trinajstić information content (AvgIpc) is 2.93. The van der Waals surface area contributed by atoms with Crippen molar-refractivity contribution >= 4 is 16.9 Å². The second-order valence-corrected chi connectivity index (χ2v) is 6.16. The van der Waals surface area contributed by atoms with Gasteiger partial charge in [-0.2, -0.15) is 0 Å². The van der Waals surface area contributed by atoms with Crippen LogP contribution in [-0.4, -0.2) is 36.2 Å². The van der Waals surface area contributed by atoms with Gasteiger partial charge < -0.3 is 19.2 Å². The van der Waals surface area contributed by atoms with Crippen molar-refractivity contribution in [2.24, 2.45) is 0 Å². The molecule has 0 bridgehead atoms. The van der Waals surface area contributed by atoms with E-state index in [1.165, 1.54) is 0 Å². The van der Waals surface area contributed by atoms with Gasteiger partial charge in [0.05, 0.1) is 23.6 Å². The van der Waals surface area contributed by atoms with Crippen LogP contribution in [0.4, 0.5) is 0 Å². The minimum absolute atomic E-state index is 0.0538. The summed E-state index contributed by atoms with van der Waals surface area (Å²) < 4.78 is 10.9. The monoisotopic (exact) mass is 351 g/mol. The van der Waals surface area contributed by atoms with Crippen molar-refractivity contribution < 1.29 is 19.1 Å². The Morgan fingerprint density at radius 2 is 1.96 bits per heavy atom. The topological polar surface area (TPSA) is 80.0 Å². The number of carbonyl (C=O) groups is 1. The SMILES string of the molecule is COCCN1C(=O)c2oc3ccccc3c(=O)c2[C@@H]1c1cccc(O)c1. The number of hydrogen-bond donors (Lipinski definition) is 1. The predicted molar refractivity (Wildman–Crippen MR) is 95.3 cm³/mol. The maximum atomic E-state index is 13.1. The fraction of sp³-hybridized carbons (Fsp3) is 0.200. The van der Waals surface area contributed by atoms with Crippen molar-refractivity contribution in [1.29, 1.82) is 0 Å². The lowest BCUT2D eigenvalue weighted by molar-refractivity contribution is 0.0663. The molecule has 3 aromatic rings. The number of para-hydroxylation sites is 1. The molecular weight excluding hydrogens is 334 g/mol. The van der Waals surface area contributed by atoms with Gasteiger partial charge in [0.1, 0.15) is 11.3 Å². The number of phenolic OH excluding ortho intramolecular Hbond substituents is 1. The molecule has 1 amide bonds. The van der Waals surface area contributed by atoms with E-state index in [4.69, 9.17) is 9.15 Å². The number of amides is 1. The number of phenols is 1. The molecule has 1 aliphatic rings. The Hall–Kier alpha value is -3.12. The molecule has 0 spiro atoms. The van der Waals surface area contributed by atoms with Gasteiger partial charge >= 0.3 is 0 Å². The third kappa shape index (κ3) is 2.46. The number of carbonyl (C=O) groups excluding carboxylic acids is 1. The first-order valence-electron chi connectivity index (χ1n) is 8.26. The molecule has 0 saturated heterocycles. The lowest BCUT2D eigenvalue weighted by atomic mass is 9.98. The van der Waals surface area contributed by atoms with E-state index in [0.29, 0.717) is 35.2 Å². The normalized spacial score (nSPS) is 16.3. The number of ether oxygens (including phenoxy) is 1. The van der Waals surface area contributed by atoms with Crippen molar-refractivity contribution in [3.8, 4) is 5.75 Å². The smallest absolute Gasteiger partial charge is 0.290 e. The predicted octanol–water partition coefficient (Wildman–Crippen LogP) is 2.69. The molecule has 26 heavy (non-hydrogen) atoms. The van der Waals surface area contributed by atoms with E-state index in [0.717, 1.165) is 0 Å². The molecule has 132 valence electrons. The summed E-state index contributed by atoms with van der Waals surface area (Å²) >= 11 is 0. The van der Waals surface area contributed by atoms with Gasteiger partial charge in [0.25, 0.3) is 5.91 Å². The Morgan fingerprint density at radius 3 is 2.73 bits per heavy atom. The van der Waals surface area contributed by atoms with E-state index in [1.54, 1.807) is 60.5 Å². The van der Waals surface area contributed by atoms with Gasteiger partial charge in [-0.15, -0.1) is 0 Å². The highest BCUT2D eigenvalue weighted by Gasteiger charge is 2.42. The highest BCUT2D eigenvalue weighted by atomic mass is 16.5. The van der Waals surface area contributed by atoms with Crippen LogP contribution in [0.3, 0.4) is 0 Å². The first-order valence-corrected chi connectivity index (χ1v) is 8.26. The third-order valence-electron chi connectivity index (χ3n) is 4.60. The molecule has 4 rings (SSSR count). The van der Waals surface area contributed by atoms with E-state index in [1.807, 2.05) is 0 Å². The highest BCUT2D eigenvalue weighted by molar-refractivity contribution is 5.99. The van der Waals surface area contributed by atoms with Crippen LogP contribution in [0, 0.1) is 0 Å². The van der Waals surface area contributed by atoms with Crippen LogP contribution < -0.4 is 5.43 Å². The summed E-state index contributed by atoms with van der Waals surface area (Å²) in [5.74, 6) is -0.230. The second kappa shape index (κ2) is 6.31. The van der Waals surface area contributed by atoms with Crippen molar-refractivity contribution in [1.82, 2.24) is 4.90 Å². The number of methoxy groups -OCH3 is 1. The molecule has 0 unspecified atom stereocenters. The van der Waals surface area contributed by atoms with Crippen LogP contribution in [0.1, 0.15) is 27.7 Å². The quantitative estimate of drug-likeness (QED) is 0.782. The van der Waals surface area contributed by atoms with Gasteiger partial charge in [0.2, 0.25) is 5.76 Å². The molecule has 2 aromatic carbocycles. The van der Waals surface area contributed by atoms with Gasteiger partial charge in [-0.3, -0.25) is 9.59 Å². The zero-order chi connectivity index (χ0) is 18.3. The van der Waals surface area contributed by atoms with E-state index in [-0.39, 0.29) is 22.8 Å². The zero-order valence-electron chi connectivity index (χ0n) is 14.1. The van der Waals surface area contributed by atoms with Crippen molar-refractivity contribution in [3.63, 3.8) is 0 Å². The van der Waals surface area contributed by atoms with Crippen molar-refractivity contribution in [3.05, 3.63) is 75.6 Å². The minimum atomic E-state index is -0.624. The summed E-state index contributed by atoms with van der Waals surface area (Å²) in [6.07, 6.45) is 0. The largest absolute Gasteiger partial charge is 0.508 e. The Morgan fingerprint density at radius 1 is 1.15 bits per heavy atom. The summed E-state index contributed by atoms with van der Waals surface area (Å²) in [5, 5.41) is 10.3. The first-order chi connectivity index (χ1) is 12.6. The summed E-state index contributed by atoms with van der Waals surface area (Å²) in [6.45, 7) is 0.623. The molecule has 1 atom stereocenters. The van der Waals surface area contributed by atoms with Gasteiger partial charge in [-0.05, 0) is 29.8 Å². The van der Waals surface area contributed by atoms with Gasteiger partial charge in [-0.25, -0.2) is 0 Å². The number of nitrogens with zero attached hydrogens (tertiary/aromatic N) is 1. The third-order valence-corrected chi connectivity index (χ3v) is 4.60. The molecule has 0 saturated carbocycles. The lowest BCUT2D eigenvalue weighted by Crippen LogP contribution is -2.32. The number of rotatable bonds is 4. The number of hydrogen-bond acceptors (Lipinski definition) is 5. The first kappa shape index (κ1) is 16.4. The lowest BCUT2D eigenvalue weighted by Gasteiger charge is -2.24. The maximum Gasteiger partial charge on any atom is 0.290 e. The van der Waals surface area contributed by atoms with Gasteiger partial charge in [-0.1, -0.05) is 24.3 Å². The molecule has 1 aliphatic heterocycles. The van der Waals surface area contributed by atoms with E-state index in [9.17, 15) is 14.7 Å². The number of benzene rings is 2. The summed E-state index contributed by atoms with van der Waals surface area (Å²) in [4.78, 5) is 27.6. The van der Waals surface area contributed by atoms with Crippen molar-refractivity contribution in [2.45, 2.75) is 6.04 Å². The van der Waals surface area contributed by atoms with Crippen LogP contribution >= 0.6 is 0 Å². The number of fused-ring (bicyclic) bond motifs is 2. The van der Waals surface area contributed by atoms with Crippen LogP contribution in [0.5, 0.6) is 5.75 Å². The average molecular weight is 351 g/mol. The Bertz CT molecular complexity index is 1060. The van der Waals surface area contributed by atoms with Crippen molar-refractivity contribution in [2.75, 3.05) is 20.3 Å². The number of aromatic hydroxyl groups is 1. The summed E-state index contributed by atoms with van der Waals surface area (Å²) in [7, 11) is 1.55. The molecule has 0 radical (unpaired) electrons. The molecular formula is C20H17NO5.